The molecule has 7 heteroatoms. The minimum Gasteiger partial charge on any atom is -0.389 e. The molecule has 0 radical (unpaired) electrons. The molecule has 3 aromatic rings. The number of halogens is 1. The molecule has 126 valence electrons. The molecule has 1 aromatic carbocycles. The highest BCUT2D eigenvalue weighted by atomic mass is 19.1. The minimum atomic E-state index is -0.798. The normalized spacial score (nSPS) is 12.5. The number of rotatable bonds is 5. The Balaban J connectivity index is 2.03. The molecule has 0 bridgehead atoms. The van der Waals surface area contributed by atoms with Crippen molar-refractivity contribution in [3.8, 4) is 11.3 Å². The maximum Gasteiger partial charge on any atom is 0.123 e. The summed E-state index contributed by atoms with van der Waals surface area (Å²) >= 11 is 0. The molecule has 0 spiro atoms. The van der Waals surface area contributed by atoms with E-state index in [0.29, 0.717) is 23.2 Å². The zero-order chi connectivity index (χ0) is 17.3. The molecular formula is C17H20FN5O. The summed E-state index contributed by atoms with van der Waals surface area (Å²) in [6, 6.07) is 4.35. The van der Waals surface area contributed by atoms with E-state index in [1.54, 1.807) is 20.0 Å². The maximum absolute atomic E-state index is 13.6. The van der Waals surface area contributed by atoms with Crippen LogP contribution in [0.3, 0.4) is 0 Å². The van der Waals surface area contributed by atoms with Crippen LogP contribution >= 0.6 is 0 Å². The van der Waals surface area contributed by atoms with E-state index in [0.717, 1.165) is 17.8 Å². The van der Waals surface area contributed by atoms with E-state index in [1.807, 2.05) is 24.0 Å². The van der Waals surface area contributed by atoms with Crippen LogP contribution in [0.1, 0.15) is 36.8 Å². The van der Waals surface area contributed by atoms with Crippen LogP contribution in [0, 0.1) is 5.82 Å². The summed E-state index contributed by atoms with van der Waals surface area (Å²) in [6.45, 7) is 4.44. The molecule has 6 nitrogen and oxygen atoms in total. The highest BCUT2D eigenvalue weighted by Crippen LogP contribution is 2.30. The van der Waals surface area contributed by atoms with Gasteiger partial charge in [0, 0.05) is 31.8 Å². The second-order valence-electron chi connectivity index (χ2n) is 5.77. The predicted octanol–water partition coefficient (Wildman–Crippen LogP) is 2.48. The van der Waals surface area contributed by atoms with Gasteiger partial charge in [0.05, 0.1) is 18.0 Å². The van der Waals surface area contributed by atoms with E-state index in [9.17, 15) is 9.50 Å². The number of hydrogen-bond acceptors (Lipinski definition) is 4. The first-order chi connectivity index (χ1) is 11.5. The van der Waals surface area contributed by atoms with E-state index in [4.69, 9.17) is 0 Å². The Morgan fingerprint density at radius 2 is 2.08 bits per heavy atom. The highest BCUT2D eigenvalue weighted by Gasteiger charge is 2.19. The lowest BCUT2D eigenvalue weighted by Crippen LogP contribution is -1.99. The third-order valence-corrected chi connectivity index (χ3v) is 3.88. The molecule has 0 fully saturated rings. The van der Waals surface area contributed by atoms with E-state index in [2.05, 4.69) is 15.3 Å². The van der Waals surface area contributed by atoms with Crippen molar-refractivity contribution in [2.75, 3.05) is 0 Å². The Labute approximate surface area is 139 Å². The summed E-state index contributed by atoms with van der Waals surface area (Å²) < 4.78 is 15.4. The SMILES string of the molecule is CCn1cc(Cc2nn(C)nc2-c2ccc(F)cc2C(C)O)cn1. The fraction of sp³-hybridized carbons (Fsp3) is 0.353. The van der Waals surface area contributed by atoms with Crippen molar-refractivity contribution in [2.45, 2.75) is 32.9 Å². The molecular weight excluding hydrogens is 309 g/mol. The Kier molecular flexibility index (Phi) is 4.44. The van der Waals surface area contributed by atoms with E-state index in [1.165, 1.54) is 16.9 Å². The van der Waals surface area contributed by atoms with Gasteiger partial charge in [-0.05, 0) is 43.2 Å². The summed E-state index contributed by atoms with van der Waals surface area (Å²) in [5, 5.41) is 23.1. The minimum absolute atomic E-state index is 0.385. The number of aliphatic hydroxyl groups excluding tert-OH is 1. The first kappa shape index (κ1) is 16.3. The smallest absolute Gasteiger partial charge is 0.123 e. The topological polar surface area (TPSA) is 68.8 Å². The van der Waals surface area contributed by atoms with Gasteiger partial charge in [0.15, 0.2) is 0 Å². The summed E-state index contributed by atoms with van der Waals surface area (Å²) in [5.41, 5.74) is 3.64. The van der Waals surface area contributed by atoms with Crippen molar-refractivity contribution >= 4 is 0 Å². The van der Waals surface area contributed by atoms with E-state index in [-0.39, 0.29) is 5.82 Å². The molecule has 1 atom stereocenters. The second kappa shape index (κ2) is 6.52. The number of aliphatic hydroxyl groups is 1. The summed E-state index contributed by atoms with van der Waals surface area (Å²) in [7, 11) is 1.74. The lowest BCUT2D eigenvalue weighted by molar-refractivity contribution is 0.199. The molecule has 1 N–H and O–H groups in total. The van der Waals surface area contributed by atoms with Gasteiger partial charge in [-0.2, -0.15) is 20.1 Å². The van der Waals surface area contributed by atoms with Crippen LogP contribution in [0.2, 0.25) is 0 Å². The standard InChI is InChI=1S/C17H20FN5O/c1-4-23-10-12(9-19-23)7-16-17(21-22(3)20-16)14-6-5-13(18)8-15(14)11(2)24/h5-6,8-11,24H,4,7H2,1-3H3. The molecule has 0 saturated carbocycles. The van der Waals surface area contributed by atoms with E-state index >= 15 is 0 Å². The molecule has 1 unspecified atom stereocenters. The van der Waals surface area contributed by atoms with Crippen molar-refractivity contribution in [3.05, 3.63) is 53.2 Å². The van der Waals surface area contributed by atoms with Gasteiger partial charge in [-0.1, -0.05) is 0 Å². The van der Waals surface area contributed by atoms with Crippen molar-refractivity contribution < 1.29 is 9.50 Å². The van der Waals surface area contributed by atoms with Crippen LogP contribution in [0.5, 0.6) is 0 Å². The van der Waals surface area contributed by atoms with Crippen LogP contribution in [0.15, 0.2) is 30.6 Å². The molecule has 0 amide bonds. The van der Waals surface area contributed by atoms with Crippen molar-refractivity contribution in [1.29, 1.82) is 0 Å². The molecule has 0 aliphatic carbocycles. The van der Waals surface area contributed by atoms with Gasteiger partial charge < -0.3 is 5.11 Å². The van der Waals surface area contributed by atoms with Crippen molar-refractivity contribution in [1.82, 2.24) is 24.8 Å². The molecule has 2 heterocycles. The first-order valence-corrected chi connectivity index (χ1v) is 7.87. The third-order valence-electron chi connectivity index (χ3n) is 3.88. The quantitative estimate of drug-likeness (QED) is 0.781. The van der Waals surface area contributed by atoms with Gasteiger partial charge in [0.2, 0.25) is 0 Å². The van der Waals surface area contributed by atoms with Crippen LogP contribution in [-0.4, -0.2) is 29.9 Å². The van der Waals surface area contributed by atoms with Gasteiger partial charge in [0.25, 0.3) is 0 Å². The van der Waals surface area contributed by atoms with Gasteiger partial charge in [-0.3, -0.25) is 4.68 Å². The summed E-state index contributed by atoms with van der Waals surface area (Å²) in [6.07, 6.45) is 3.55. The first-order valence-electron chi connectivity index (χ1n) is 7.87. The summed E-state index contributed by atoms with van der Waals surface area (Å²) in [4.78, 5) is 1.49. The third kappa shape index (κ3) is 3.21. The fourth-order valence-corrected chi connectivity index (χ4v) is 2.73. The molecule has 0 saturated heterocycles. The fourth-order valence-electron chi connectivity index (χ4n) is 2.73. The summed E-state index contributed by atoms with van der Waals surface area (Å²) in [5.74, 6) is -0.385. The van der Waals surface area contributed by atoms with E-state index < -0.39 is 6.10 Å². The van der Waals surface area contributed by atoms with Crippen molar-refractivity contribution in [2.24, 2.45) is 7.05 Å². The van der Waals surface area contributed by atoms with Crippen LogP contribution < -0.4 is 0 Å². The molecule has 24 heavy (non-hydrogen) atoms. The Morgan fingerprint density at radius 1 is 1.29 bits per heavy atom. The number of aromatic nitrogens is 5. The molecule has 0 aliphatic rings. The molecule has 3 rings (SSSR count). The van der Waals surface area contributed by atoms with Crippen molar-refractivity contribution in [3.63, 3.8) is 0 Å². The second-order valence-corrected chi connectivity index (χ2v) is 5.77. The monoisotopic (exact) mass is 329 g/mol. The molecule has 2 aromatic heterocycles. The molecule has 0 aliphatic heterocycles. The largest absolute Gasteiger partial charge is 0.389 e. The van der Waals surface area contributed by atoms with Crippen LogP contribution in [-0.2, 0) is 20.0 Å². The van der Waals surface area contributed by atoms with Gasteiger partial charge >= 0.3 is 0 Å². The number of hydrogen-bond donors (Lipinski definition) is 1. The maximum atomic E-state index is 13.6. The Morgan fingerprint density at radius 3 is 2.75 bits per heavy atom. The van der Waals surface area contributed by atoms with Crippen LogP contribution in [0.25, 0.3) is 11.3 Å². The highest BCUT2D eigenvalue weighted by molar-refractivity contribution is 5.66. The lowest BCUT2D eigenvalue weighted by Gasteiger charge is -2.11. The average Bonchev–Trinajstić information content (AvgIpc) is 3.14. The Bertz CT molecular complexity index is 853. The average molecular weight is 329 g/mol. The van der Waals surface area contributed by atoms with Crippen LogP contribution in [0.4, 0.5) is 4.39 Å². The number of benzene rings is 1. The zero-order valence-electron chi connectivity index (χ0n) is 13.9. The lowest BCUT2D eigenvalue weighted by atomic mass is 9.98. The van der Waals surface area contributed by atoms with Gasteiger partial charge in [-0.25, -0.2) is 4.39 Å². The van der Waals surface area contributed by atoms with Gasteiger partial charge in [0.1, 0.15) is 11.5 Å². The van der Waals surface area contributed by atoms with Gasteiger partial charge in [-0.15, -0.1) is 0 Å². The predicted molar refractivity (Wildman–Crippen MR) is 87.7 cm³/mol. The number of nitrogens with zero attached hydrogens (tertiary/aromatic N) is 5. The zero-order valence-corrected chi connectivity index (χ0v) is 13.9. The Hall–Kier alpha value is -2.54. The number of aryl methyl sites for hydroxylation is 2.